The highest BCUT2D eigenvalue weighted by atomic mass is 32.2. The summed E-state index contributed by atoms with van der Waals surface area (Å²) in [5.41, 5.74) is 6.09. The zero-order valence-corrected chi connectivity index (χ0v) is 9.40. The second-order valence-corrected chi connectivity index (χ2v) is 4.81. The highest BCUT2D eigenvalue weighted by molar-refractivity contribution is 7.98. The molecule has 2 rings (SSSR count). The first-order valence-corrected chi connectivity index (χ1v) is 6.16. The molecule has 0 aliphatic heterocycles. The lowest BCUT2D eigenvalue weighted by molar-refractivity contribution is 0.243. The summed E-state index contributed by atoms with van der Waals surface area (Å²) < 4.78 is 14.0. The van der Waals surface area contributed by atoms with E-state index >= 15 is 0 Å². The van der Waals surface area contributed by atoms with Gasteiger partial charge in [-0.25, -0.2) is 4.39 Å². The van der Waals surface area contributed by atoms with Gasteiger partial charge in [-0.1, -0.05) is 6.07 Å². The van der Waals surface area contributed by atoms with E-state index in [1.165, 1.54) is 17.8 Å². The summed E-state index contributed by atoms with van der Waals surface area (Å²) >= 11 is 1.21. The number of rotatable bonds is 2. The van der Waals surface area contributed by atoms with Crippen LogP contribution in [0.5, 0.6) is 5.75 Å². The molecule has 0 amide bonds. The maximum atomic E-state index is 14.0. The van der Waals surface area contributed by atoms with E-state index < -0.39 is 5.54 Å². The Hall–Kier alpha value is -0.740. The van der Waals surface area contributed by atoms with Gasteiger partial charge >= 0.3 is 0 Å². The van der Waals surface area contributed by atoms with Crippen molar-refractivity contribution in [2.45, 2.75) is 29.7 Å². The molecule has 2 nitrogen and oxygen atoms in total. The Bertz CT molecular complexity index is 390. The van der Waals surface area contributed by atoms with E-state index in [2.05, 4.69) is 0 Å². The van der Waals surface area contributed by atoms with Crippen LogP contribution >= 0.6 is 11.8 Å². The van der Waals surface area contributed by atoms with Crippen molar-refractivity contribution in [1.29, 1.82) is 0 Å². The van der Waals surface area contributed by atoms with E-state index in [1.807, 2.05) is 0 Å². The fourth-order valence-electron chi connectivity index (χ4n) is 1.95. The van der Waals surface area contributed by atoms with Crippen LogP contribution in [-0.4, -0.2) is 11.4 Å². The van der Waals surface area contributed by atoms with E-state index in [4.69, 9.17) is 5.73 Å². The van der Waals surface area contributed by atoms with Crippen LogP contribution in [0.25, 0.3) is 0 Å². The van der Waals surface area contributed by atoms with Gasteiger partial charge in [0.1, 0.15) is 11.6 Å². The Morgan fingerprint density at radius 3 is 2.60 bits per heavy atom. The fraction of sp³-hybridized carbons (Fsp3) is 0.455. The second kappa shape index (κ2) is 3.68. The monoisotopic (exact) mass is 227 g/mol. The zero-order valence-electron chi connectivity index (χ0n) is 8.59. The molecule has 0 aromatic heterocycles. The SMILES string of the molecule is CSc1c(O)ccc(C2(N)CCC2)c1F. The number of phenolic OH excluding ortho intramolecular Hbond substituents is 1. The third kappa shape index (κ3) is 1.62. The largest absolute Gasteiger partial charge is 0.507 e. The minimum Gasteiger partial charge on any atom is -0.507 e. The molecule has 3 N–H and O–H groups in total. The topological polar surface area (TPSA) is 46.2 Å². The number of benzene rings is 1. The number of hydrogen-bond donors (Lipinski definition) is 2. The second-order valence-electron chi connectivity index (χ2n) is 3.99. The van der Waals surface area contributed by atoms with E-state index in [0.29, 0.717) is 10.5 Å². The van der Waals surface area contributed by atoms with Crippen LogP contribution in [0.15, 0.2) is 17.0 Å². The van der Waals surface area contributed by atoms with Crippen molar-refractivity contribution in [1.82, 2.24) is 0 Å². The number of hydrogen-bond acceptors (Lipinski definition) is 3. The molecular formula is C11H14FNOS. The molecule has 1 saturated carbocycles. The molecule has 1 fully saturated rings. The highest BCUT2D eigenvalue weighted by Gasteiger charge is 2.37. The number of thioether (sulfide) groups is 1. The van der Waals surface area contributed by atoms with Crippen LogP contribution < -0.4 is 5.73 Å². The van der Waals surface area contributed by atoms with Crippen molar-refractivity contribution >= 4 is 11.8 Å². The van der Waals surface area contributed by atoms with Crippen LogP contribution in [0.1, 0.15) is 24.8 Å². The standard InChI is InChI=1S/C11H14FNOS/c1-15-10-8(14)4-3-7(9(10)12)11(13)5-2-6-11/h3-4,14H,2,5-6,13H2,1H3. The molecule has 15 heavy (non-hydrogen) atoms. The summed E-state index contributed by atoms with van der Waals surface area (Å²) in [4.78, 5) is 0.296. The number of nitrogens with two attached hydrogens (primary N) is 1. The number of phenols is 1. The van der Waals surface area contributed by atoms with E-state index in [-0.39, 0.29) is 11.6 Å². The first kappa shape index (κ1) is 10.8. The lowest BCUT2D eigenvalue weighted by Crippen LogP contribution is -2.44. The fourth-order valence-corrected chi connectivity index (χ4v) is 2.52. The molecule has 1 aliphatic carbocycles. The van der Waals surface area contributed by atoms with Crippen LogP contribution in [0.3, 0.4) is 0 Å². The molecule has 0 unspecified atom stereocenters. The maximum Gasteiger partial charge on any atom is 0.145 e. The lowest BCUT2D eigenvalue weighted by Gasteiger charge is -2.39. The molecule has 0 atom stereocenters. The van der Waals surface area contributed by atoms with Crippen molar-refractivity contribution in [3.05, 3.63) is 23.5 Å². The third-order valence-corrected chi connectivity index (χ3v) is 3.86. The van der Waals surface area contributed by atoms with Gasteiger partial charge in [0.05, 0.1) is 4.90 Å². The molecular weight excluding hydrogens is 213 g/mol. The third-order valence-electron chi connectivity index (χ3n) is 3.06. The van der Waals surface area contributed by atoms with E-state index in [0.717, 1.165) is 19.3 Å². The van der Waals surface area contributed by atoms with Gasteiger partial charge in [0.25, 0.3) is 0 Å². The Morgan fingerprint density at radius 1 is 1.47 bits per heavy atom. The molecule has 1 aliphatic rings. The maximum absolute atomic E-state index is 14.0. The zero-order chi connectivity index (χ0) is 11.1. The Kier molecular flexibility index (Phi) is 2.64. The van der Waals surface area contributed by atoms with Gasteiger partial charge < -0.3 is 10.8 Å². The summed E-state index contributed by atoms with van der Waals surface area (Å²) in [5.74, 6) is -0.364. The predicted octanol–water partition coefficient (Wildman–Crippen LogP) is 2.59. The summed E-state index contributed by atoms with van der Waals surface area (Å²) in [6.07, 6.45) is 4.43. The number of aromatic hydroxyl groups is 1. The van der Waals surface area contributed by atoms with Crippen LogP contribution in [0.2, 0.25) is 0 Å². The van der Waals surface area contributed by atoms with Gasteiger partial charge in [-0.2, -0.15) is 0 Å². The van der Waals surface area contributed by atoms with Gasteiger partial charge in [-0.05, 0) is 31.6 Å². The molecule has 1 aromatic rings. The molecule has 82 valence electrons. The number of halogens is 1. The van der Waals surface area contributed by atoms with E-state index in [9.17, 15) is 9.50 Å². The first-order chi connectivity index (χ1) is 7.08. The van der Waals surface area contributed by atoms with Crippen LogP contribution in [-0.2, 0) is 5.54 Å². The summed E-state index contributed by atoms with van der Waals surface area (Å²) in [6, 6.07) is 3.13. The summed E-state index contributed by atoms with van der Waals surface area (Å²) in [6.45, 7) is 0. The van der Waals surface area contributed by atoms with Gasteiger partial charge in [0.15, 0.2) is 0 Å². The average Bonchev–Trinajstić information content (AvgIpc) is 2.15. The lowest BCUT2D eigenvalue weighted by atomic mass is 9.72. The normalized spacial score (nSPS) is 18.6. The molecule has 0 saturated heterocycles. The van der Waals surface area contributed by atoms with Crippen molar-refractivity contribution < 1.29 is 9.50 Å². The minimum absolute atomic E-state index is 0.00771. The molecule has 4 heteroatoms. The van der Waals surface area contributed by atoms with Gasteiger partial charge in [-0.3, -0.25) is 0 Å². The molecule has 0 heterocycles. The highest BCUT2D eigenvalue weighted by Crippen LogP contribution is 2.43. The quantitative estimate of drug-likeness (QED) is 0.763. The summed E-state index contributed by atoms with van der Waals surface area (Å²) in [5, 5.41) is 9.47. The Morgan fingerprint density at radius 2 is 2.13 bits per heavy atom. The van der Waals surface area contributed by atoms with Gasteiger partial charge in [0, 0.05) is 11.1 Å². The molecule has 1 aromatic carbocycles. The first-order valence-electron chi connectivity index (χ1n) is 4.93. The minimum atomic E-state index is -0.512. The van der Waals surface area contributed by atoms with Gasteiger partial charge in [0.2, 0.25) is 0 Å². The smallest absolute Gasteiger partial charge is 0.145 e. The van der Waals surface area contributed by atoms with Crippen molar-refractivity contribution in [2.75, 3.05) is 6.26 Å². The Labute approximate surface area is 92.7 Å². The predicted molar refractivity (Wildman–Crippen MR) is 59.6 cm³/mol. The Balaban J connectivity index is 2.49. The van der Waals surface area contributed by atoms with Crippen molar-refractivity contribution in [3.8, 4) is 5.75 Å². The van der Waals surface area contributed by atoms with Crippen LogP contribution in [0, 0.1) is 5.82 Å². The van der Waals surface area contributed by atoms with Crippen molar-refractivity contribution in [2.24, 2.45) is 5.73 Å². The van der Waals surface area contributed by atoms with Crippen LogP contribution in [0.4, 0.5) is 4.39 Å². The molecule has 0 bridgehead atoms. The molecule has 0 spiro atoms. The summed E-state index contributed by atoms with van der Waals surface area (Å²) in [7, 11) is 0. The van der Waals surface area contributed by atoms with E-state index in [1.54, 1.807) is 12.3 Å². The average molecular weight is 227 g/mol. The van der Waals surface area contributed by atoms with Gasteiger partial charge in [-0.15, -0.1) is 11.8 Å². The van der Waals surface area contributed by atoms with Crippen molar-refractivity contribution in [3.63, 3.8) is 0 Å². The molecule has 0 radical (unpaired) electrons.